The normalized spacial score (nSPS) is 21.7. The number of nitrogens with zero attached hydrogens (tertiary/aromatic N) is 3. The molecule has 2 heterocycles. The van der Waals surface area contributed by atoms with Crippen molar-refractivity contribution in [3.63, 3.8) is 0 Å². The van der Waals surface area contributed by atoms with Crippen molar-refractivity contribution in [3.8, 4) is 5.75 Å². The number of carbonyl (C=O) groups is 3. The zero-order chi connectivity index (χ0) is 17.8. The van der Waals surface area contributed by atoms with Crippen LogP contribution in [0.2, 0.25) is 0 Å². The average Bonchev–Trinajstić information content (AvgIpc) is 2.95. The topological polar surface area (TPSA) is 70.2 Å². The molecule has 1 aromatic rings. The predicted molar refractivity (Wildman–Crippen MR) is 92.3 cm³/mol. The number of ether oxygens (including phenoxy) is 1. The van der Waals surface area contributed by atoms with Gasteiger partial charge in [0, 0.05) is 26.2 Å². The van der Waals surface area contributed by atoms with Crippen molar-refractivity contribution < 1.29 is 19.1 Å². The van der Waals surface area contributed by atoms with Crippen LogP contribution in [0.25, 0.3) is 0 Å². The van der Waals surface area contributed by atoms with Gasteiger partial charge in [0.15, 0.2) is 0 Å². The Morgan fingerprint density at radius 2 is 1.80 bits per heavy atom. The van der Waals surface area contributed by atoms with E-state index in [9.17, 15) is 14.4 Å². The Kier molecular flexibility index (Phi) is 5.33. The lowest BCUT2D eigenvalue weighted by molar-refractivity contribution is -0.124. The highest BCUT2D eigenvalue weighted by Crippen LogP contribution is 2.27. The van der Waals surface area contributed by atoms with Crippen LogP contribution >= 0.6 is 0 Å². The van der Waals surface area contributed by atoms with Gasteiger partial charge >= 0.3 is 0 Å². The predicted octanol–water partition coefficient (Wildman–Crippen LogP) is 0.881. The van der Waals surface area contributed by atoms with Crippen molar-refractivity contribution in [2.45, 2.75) is 25.8 Å². The highest BCUT2D eigenvalue weighted by molar-refractivity contribution is 6.22. The molecule has 0 saturated carbocycles. The number of imide groups is 1. The lowest BCUT2D eigenvalue weighted by Crippen LogP contribution is -2.52. The molecule has 0 radical (unpaired) electrons. The highest BCUT2D eigenvalue weighted by Gasteiger charge is 2.43. The molecule has 134 valence electrons. The first-order valence-electron chi connectivity index (χ1n) is 8.67. The van der Waals surface area contributed by atoms with Gasteiger partial charge in [-0.3, -0.25) is 19.3 Å². The maximum Gasteiger partial charge on any atom is 0.251 e. The Morgan fingerprint density at radius 3 is 2.40 bits per heavy atom. The zero-order valence-electron chi connectivity index (χ0n) is 14.4. The lowest BCUT2D eigenvalue weighted by Gasteiger charge is -2.35. The third-order valence-corrected chi connectivity index (χ3v) is 4.63. The van der Waals surface area contributed by atoms with E-state index in [-0.39, 0.29) is 18.2 Å². The maximum absolute atomic E-state index is 12.8. The van der Waals surface area contributed by atoms with Crippen LogP contribution in [0.4, 0.5) is 5.69 Å². The lowest BCUT2D eigenvalue weighted by atomic mass is 10.2. The second-order valence-electron chi connectivity index (χ2n) is 6.31. The van der Waals surface area contributed by atoms with Crippen LogP contribution in [0.1, 0.15) is 19.8 Å². The number of rotatable bonds is 6. The number of hydrogen-bond acceptors (Lipinski definition) is 5. The SMILES string of the molecule is CCCOc1ccc(N2C(=O)CC(N3CCN(C=O)CC3)C2=O)cc1. The fraction of sp³-hybridized carbons (Fsp3) is 0.500. The Morgan fingerprint density at radius 1 is 1.12 bits per heavy atom. The number of anilines is 1. The quantitative estimate of drug-likeness (QED) is 0.565. The van der Waals surface area contributed by atoms with Gasteiger partial charge in [0.1, 0.15) is 5.75 Å². The van der Waals surface area contributed by atoms with Crippen molar-refractivity contribution in [1.29, 1.82) is 0 Å². The molecule has 0 N–H and O–H groups in total. The van der Waals surface area contributed by atoms with Crippen molar-refractivity contribution in [1.82, 2.24) is 9.80 Å². The molecule has 0 spiro atoms. The molecule has 0 bridgehead atoms. The van der Waals surface area contributed by atoms with Gasteiger partial charge in [-0.15, -0.1) is 0 Å². The average molecular weight is 345 g/mol. The molecule has 2 aliphatic heterocycles. The van der Waals surface area contributed by atoms with Crippen LogP contribution in [-0.4, -0.2) is 66.9 Å². The molecule has 7 heteroatoms. The van der Waals surface area contributed by atoms with Crippen LogP contribution in [0.15, 0.2) is 24.3 Å². The molecule has 1 atom stereocenters. The first-order valence-corrected chi connectivity index (χ1v) is 8.67. The molecule has 3 amide bonds. The summed E-state index contributed by atoms with van der Waals surface area (Å²) < 4.78 is 5.53. The third-order valence-electron chi connectivity index (χ3n) is 4.63. The number of carbonyl (C=O) groups excluding carboxylic acids is 3. The van der Waals surface area contributed by atoms with E-state index in [0.29, 0.717) is 38.5 Å². The zero-order valence-corrected chi connectivity index (χ0v) is 14.4. The minimum absolute atomic E-state index is 0.185. The van der Waals surface area contributed by atoms with Gasteiger partial charge in [-0.1, -0.05) is 6.92 Å². The number of benzene rings is 1. The largest absolute Gasteiger partial charge is 0.494 e. The molecule has 1 aromatic carbocycles. The van der Waals surface area contributed by atoms with Gasteiger partial charge in [0.2, 0.25) is 12.3 Å². The van der Waals surface area contributed by atoms with Gasteiger partial charge in [-0.25, -0.2) is 4.90 Å². The number of amides is 3. The van der Waals surface area contributed by atoms with Crippen LogP contribution in [0.5, 0.6) is 5.75 Å². The van der Waals surface area contributed by atoms with E-state index < -0.39 is 6.04 Å². The monoisotopic (exact) mass is 345 g/mol. The number of hydrogen-bond donors (Lipinski definition) is 0. The summed E-state index contributed by atoms with van der Waals surface area (Å²) in [6.07, 6.45) is 1.94. The Bertz CT molecular complexity index is 638. The molecule has 3 rings (SSSR count). The molecule has 2 fully saturated rings. The van der Waals surface area contributed by atoms with E-state index in [1.54, 1.807) is 29.2 Å². The molecule has 0 aromatic heterocycles. The Balaban J connectivity index is 1.68. The molecule has 7 nitrogen and oxygen atoms in total. The number of piperazine rings is 1. The molecule has 1 unspecified atom stereocenters. The van der Waals surface area contributed by atoms with Crippen molar-refractivity contribution in [3.05, 3.63) is 24.3 Å². The van der Waals surface area contributed by atoms with E-state index in [0.717, 1.165) is 18.6 Å². The second-order valence-corrected chi connectivity index (χ2v) is 6.31. The molecule has 2 aliphatic rings. The summed E-state index contributed by atoms with van der Waals surface area (Å²) in [4.78, 5) is 40.9. The van der Waals surface area contributed by atoms with Gasteiger partial charge in [0.05, 0.1) is 24.8 Å². The van der Waals surface area contributed by atoms with Gasteiger partial charge in [-0.2, -0.15) is 0 Å². The summed E-state index contributed by atoms with van der Waals surface area (Å²) in [5.41, 5.74) is 0.577. The minimum atomic E-state index is -0.433. The minimum Gasteiger partial charge on any atom is -0.494 e. The maximum atomic E-state index is 12.8. The molecule has 25 heavy (non-hydrogen) atoms. The third kappa shape index (κ3) is 3.66. The summed E-state index contributed by atoms with van der Waals surface area (Å²) in [6, 6.07) is 6.61. The van der Waals surface area contributed by atoms with Gasteiger partial charge in [0.25, 0.3) is 5.91 Å². The van der Waals surface area contributed by atoms with Crippen LogP contribution in [0, 0.1) is 0 Å². The van der Waals surface area contributed by atoms with E-state index in [1.807, 2.05) is 11.8 Å². The Hall–Kier alpha value is -2.41. The molecule has 0 aliphatic carbocycles. The fourth-order valence-electron chi connectivity index (χ4n) is 3.24. The first-order chi connectivity index (χ1) is 12.1. The smallest absolute Gasteiger partial charge is 0.251 e. The highest BCUT2D eigenvalue weighted by atomic mass is 16.5. The molecule has 2 saturated heterocycles. The molecular formula is C18H23N3O4. The van der Waals surface area contributed by atoms with Crippen molar-refractivity contribution in [2.75, 3.05) is 37.7 Å². The summed E-state index contributed by atoms with van der Waals surface area (Å²) in [5.74, 6) is 0.355. The second kappa shape index (κ2) is 7.65. The summed E-state index contributed by atoms with van der Waals surface area (Å²) in [5, 5.41) is 0. The van der Waals surface area contributed by atoms with Gasteiger partial charge in [-0.05, 0) is 30.7 Å². The first kappa shape index (κ1) is 17.4. The summed E-state index contributed by atoms with van der Waals surface area (Å²) >= 11 is 0. The van der Waals surface area contributed by atoms with Crippen LogP contribution in [0.3, 0.4) is 0 Å². The van der Waals surface area contributed by atoms with E-state index in [4.69, 9.17) is 4.74 Å². The summed E-state index contributed by atoms with van der Waals surface area (Å²) in [6.45, 7) is 5.07. The van der Waals surface area contributed by atoms with E-state index >= 15 is 0 Å². The van der Waals surface area contributed by atoms with Crippen LogP contribution < -0.4 is 9.64 Å². The standard InChI is InChI=1S/C18H23N3O4/c1-2-11-25-15-5-3-14(4-6-15)21-17(23)12-16(18(21)24)20-9-7-19(13-22)8-10-20/h3-6,13,16H,2,7-12H2,1H3. The molecular weight excluding hydrogens is 322 g/mol. The van der Waals surface area contributed by atoms with Gasteiger partial charge < -0.3 is 9.64 Å². The Labute approximate surface area is 147 Å². The van der Waals surface area contributed by atoms with Crippen molar-refractivity contribution in [2.24, 2.45) is 0 Å². The fourth-order valence-corrected chi connectivity index (χ4v) is 3.24. The van der Waals surface area contributed by atoms with E-state index in [2.05, 4.69) is 0 Å². The van der Waals surface area contributed by atoms with Crippen molar-refractivity contribution >= 4 is 23.9 Å². The van der Waals surface area contributed by atoms with E-state index in [1.165, 1.54) is 4.90 Å². The summed E-state index contributed by atoms with van der Waals surface area (Å²) in [7, 11) is 0. The van der Waals surface area contributed by atoms with Crippen LogP contribution in [-0.2, 0) is 14.4 Å².